The Morgan fingerprint density at radius 3 is 1.76 bits per heavy atom. The lowest BCUT2D eigenvalue weighted by Crippen LogP contribution is -2.31. The first-order valence-electron chi connectivity index (χ1n) is 10.2. The quantitative estimate of drug-likeness (QED) is 0.533. The molecule has 0 saturated heterocycles. The van der Waals surface area contributed by atoms with Gasteiger partial charge in [0, 0.05) is 10.8 Å². The van der Waals surface area contributed by atoms with E-state index in [1.54, 1.807) is 38.1 Å². The van der Waals surface area contributed by atoms with E-state index in [-0.39, 0.29) is 41.4 Å². The summed E-state index contributed by atoms with van der Waals surface area (Å²) in [7, 11) is 0. The molecule has 0 aromatic heterocycles. The molecule has 33 heavy (non-hydrogen) atoms. The van der Waals surface area contributed by atoms with Gasteiger partial charge in [-0.3, -0.25) is 14.4 Å². The number of amides is 2. The Kier molecular flexibility index (Phi) is 5.71. The van der Waals surface area contributed by atoms with E-state index in [4.69, 9.17) is 14.6 Å². The molecule has 0 spiro atoms. The van der Waals surface area contributed by atoms with Crippen LogP contribution in [0.2, 0.25) is 0 Å². The van der Waals surface area contributed by atoms with Crippen molar-refractivity contribution in [2.45, 2.75) is 20.3 Å². The Bertz CT molecular complexity index is 1230. The maximum Gasteiger partial charge on any atom is 0.307 e. The molecule has 0 bridgehead atoms. The highest BCUT2D eigenvalue weighted by Crippen LogP contribution is 2.46. The number of rotatable bonds is 7. The van der Waals surface area contributed by atoms with Crippen LogP contribution in [0.15, 0.2) is 36.4 Å². The van der Waals surface area contributed by atoms with Crippen LogP contribution in [0, 0.1) is 11.6 Å². The van der Waals surface area contributed by atoms with Gasteiger partial charge in [-0.1, -0.05) is 24.3 Å². The lowest BCUT2D eigenvalue weighted by Gasteiger charge is -2.16. The number of aliphatic carboxylic acids is 1. The molecule has 1 aliphatic heterocycles. The zero-order chi connectivity index (χ0) is 23.9. The second-order valence-electron chi connectivity index (χ2n) is 7.24. The van der Waals surface area contributed by atoms with Gasteiger partial charge in [0.05, 0.1) is 30.8 Å². The standard InChI is InChI=1S/C24H19F2NO6/c1-3-32-21-13-7-5-6-8-14(13)22(33-4-2)19-18(21)23(30)27(24(19)31)20-15(25)9-12(10-16(20)26)11-17(28)29/h5-10H,3-4,11H2,1-2H3,(H,28,29). The van der Waals surface area contributed by atoms with Crippen LogP contribution >= 0.6 is 0 Å². The molecule has 1 N–H and O–H groups in total. The average molecular weight is 455 g/mol. The number of carboxylic acid groups (broad SMARTS) is 1. The van der Waals surface area contributed by atoms with Gasteiger partial charge in [0.15, 0.2) is 11.6 Å². The van der Waals surface area contributed by atoms with E-state index in [0.29, 0.717) is 15.7 Å². The minimum Gasteiger partial charge on any atom is -0.492 e. The molecule has 0 atom stereocenters. The van der Waals surface area contributed by atoms with Gasteiger partial charge >= 0.3 is 5.97 Å². The van der Waals surface area contributed by atoms with Crippen LogP contribution < -0.4 is 14.4 Å². The Morgan fingerprint density at radius 2 is 1.36 bits per heavy atom. The van der Waals surface area contributed by atoms with E-state index in [0.717, 1.165) is 12.1 Å². The number of fused-ring (bicyclic) bond motifs is 2. The Labute approximate surface area is 187 Å². The maximum atomic E-state index is 14.9. The molecular weight excluding hydrogens is 436 g/mol. The van der Waals surface area contributed by atoms with E-state index in [1.807, 2.05) is 0 Å². The van der Waals surface area contributed by atoms with Gasteiger partial charge in [-0.25, -0.2) is 13.7 Å². The number of carbonyl (C=O) groups excluding carboxylic acids is 2. The zero-order valence-electron chi connectivity index (χ0n) is 17.8. The van der Waals surface area contributed by atoms with Crippen molar-refractivity contribution in [1.29, 1.82) is 0 Å². The molecule has 0 saturated carbocycles. The average Bonchev–Trinajstić information content (AvgIpc) is 3.00. The molecule has 4 rings (SSSR count). The SMILES string of the molecule is CCOc1c2c(c(OCC)c3ccccc13)C(=O)N(c1c(F)cc(CC(=O)O)cc1F)C2=O. The Balaban J connectivity index is 1.97. The van der Waals surface area contributed by atoms with Gasteiger partial charge in [0.25, 0.3) is 11.8 Å². The molecule has 1 heterocycles. The number of hydrogen-bond donors (Lipinski definition) is 1. The highest BCUT2D eigenvalue weighted by atomic mass is 19.1. The van der Waals surface area contributed by atoms with Crippen molar-refractivity contribution in [3.8, 4) is 11.5 Å². The van der Waals surface area contributed by atoms with Gasteiger partial charge in [-0.05, 0) is 31.5 Å². The first-order chi connectivity index (χ1) is 15.8. The fourth-order valence-electron chi connectivity index (χ4n) is 4.00. The molecule has 170 valence electrons. The van der Waals surface area contributed by atoms with Crippen molar-refractivity contribution < 1.29 is 37.7 Å². The maximum absolute atomic E-state index is 14.9. The summed E-state index contributed by atoms with van der Waals surface area (Å²) >= 11 is 0. The smallest absolute Gasteiger partial charge is 0.307 e. The number of nitrogens with zero attached hydrogens (tertiary/aromatic N) is 1. The minimum atomic E-state index is -1.28. The second-order valence-corrected chi connectivity index (χ2v) is 7.24. The van der Waals surface area contributed by atoms with Gasteiger partial charge in [0.1, 0.15) is 17.2 Å². The van der Waals surface area contributed by atoms with E-state index in [1.165, 1.54) is 0 Å². The van der Waals surface area contributed by atoms with Gasteiger partial charge in [-0.2, -0.15) is 0 Å². The van der Waals surface area contributed by atoms with Crippen LogP contribution in [0.3, 0.4) is 0 Å². The summed E-state index contributed by atoms with van der Waals surface area (Å²) < 4.78 is 41.3. The molecule has 0 aliphatic carbocycles. The van der Waals surface area contributed by atoms with Crippen molar-refractivity contribution in [1.82, 2.24) is 0 Å². The minimum absolute atomic E-state index is 0.121. The zero-order valence-corrected chi connectivity index (χ0v) is 17.8. The van der Waals surface area contributed by atoms with Crippen molar-refractivity contribution in [2.75, 3.05) is 18.1 Å². The molecule has 7 nitrogen and oxygen atoms in total. The number of carbonyl (C=O) groups is 3. The van der Waals surface area contributed by atoms with E-state index < -0.39 is 41.5 Å². The monoisotopic (exact) mass is 455 g/mol. The van der Waals surface area contributed by atoms with Crippen molar-refractivity contribution in [2.24, 2.45) is 0 Å². The summed E-state index contributed by atoms with van der Waals surface area (Å²) in [5, 5.41) is 9.93. The fourth-order valence-corrected chi connectivity index (χ4v) is 4.00. The van der Waals surface area contributed by atoms with E-state index in [2.05, 4.69) is 0 Å². The third-order valence-electron chi connectivity index (χ3n) is 5.19. The second kappa shape index (κ2) is 8.50. The van der Waals surface area contributed by atoms with Gasteiger partial charge in [0.2, 0.25) is 0 Å². The van der Waals surface area contributed by atoms with Crippen LogP contribution in [0.1, 0.15) is 40.1 Å². The third kappa shape index (κ3) is 3.55. The molecule has 3 aromatic carbocycles. The van der Waals surface area contributed by atoms with E-state index in [9.17, 15) is 23.2 Å². The summed E-state index contributed by atoms with van der Waals surface area (Å²) in [6.07, 6.45) is -0.620. The Hall–Kier alpha value is -4.01. The summed E-state index contributed by atoms with van der Waals surface area (Å²) in [5.74, 6) is -5.44. The third-order valence-corrected chi connectivity index (χ3v) is 5.19. The molecule has 0 unspecified atom stereocenters. The lowest BCUT2D eigenvalue weighted by atomic mass is 9.99. The van der Waals surface area contributed by atoms with Crippen molar-refractivity contribution >= 4 is 34.2 Å². The number of anilines is 1. The van der Waals surface area contributed by atoms with Gasteiger partial charge in [-0.15, -0.1) is 0 Å². The van der Waals surface area contributed by atoms with Crippen LogP contribution in [0.25, 0.3) is 10.8 Å². The molecule has 9 heteroatoms. The summed E-state index contributed by atoms with van der Waals surface area (Å²) in [5.41, 5.74) is -1.31. The molecule has 3 aromatic rings. The topological polar surface area (TPSA) is 93.1 Å². The van der Waals surface area contributed by atoms with Crippen LogP contribution in [-0.4, -0.2) is 36.1 Å². The lowest BCUT2D eigenvalue weighted by molar-refractivity contribution is -0.136. The number of hydrogen-bond acceptors (Lipinski definition) is 5. The highest BCUT2D eigenvalue weighted by Gasteiger charge is 2.45. The number of carboxylic acids is 1. The van der Waals surface area contributed by atoms with Crippen molar-refractivity contribution in [3.05, 3.63) is 64.7 Å². The Morgan fingerprint density at radius 1 is 0.909 bits per heavy atom. The number of ether oxygens (including phenoxy) is 2. The van der Waals surface area contributed by atoms with E-state index >= 15 is 0 Å². The van der Waals surface area contributed by atoms with Crippen molar-refractivity contribution in [3.63, 3.8) is 0 Å². The molecule has 2 amide bonds. The van der Waals surface area contributed by atoms with Gasteiger partial charge < -0.3 is 14.6 Å². The summed E-state index contributed by atoms with van der Waals surface area (Å²) in [4.78, 5) is 38.1. The molecule has 1 aliphatic rings. The number of benzene rings is 3. The summed E-state index contributed by atoms with van der Waals surface area (Å²) in [6, 6.07) is 8.44. The molecular formula is C24H19F2NO6. The number of imide groups is 1. The predicted octanol–water partition coefficient (Wildman–Crippen LogP) is 4.34. The van der Waals surface area contributed by atoms with Crippen LogP contribution in [0.5, 0.6) is 11.5 Å². The normalized spacial score (nSPS) is 12.9. The van der Waals surface area contributed by atoms with Crippen LogP contribution in [-0.2, 0) is 11.2 Å². The highest BCUT2D eigenvalue weighted by molar-refractivity contribution is 6.38. The fraction of sp³-hybridized carbons (Fsp3) is 0.208. The largest absolute Gasteiger partial charge is 0.492 e. The first-order valence-corrected chi connectivity index (χ1v) is 10.2. The predicted molar refractivity (Wildman–Crippen MR) is 115 cm³/mol. The summed E-state index contributed by atoms with van der Waals surface area (Å²) in [6.45, 7) is 3.77. The molecule has 0 fully saturated rings. The first kappa shape index (κ1) is 22.2. The molecule has 0 radical (unpaired) electrons. The van der Waals surface area contributed by atoms with Crippen LogP contribution in [0.4, 0.5) is 14.5 Å². The number of halogens is 2.